The second-order valence-electron chi connectivity index (χ2n) is 5.63. The van der Waals surface area contributed by atoms with E-state index in [4.69, 9.17) is 11.0 Å². The molecule has 0 saturated heterocycles. The second-order valence-corrected chi connectivity index (χ2v) is 5.63. The Morgan fingerprint density at radius 2 is 1.91 bits per heavy atom. The molecule has 22 heavy (non-hydrogen) atoms. The maximum absolute atomic E-state index is 8.77. The Labute approximate surface area is 129 Å². The number of fused-ring (bicyclic) bond motifs is 1. The largest absolute Gasteiger partial charge is 0.320 e. The van der Waals surface area contributed by atoms with E-state index in [1.54, 1.807) is 0 Å². The molecule has 110 valence electrons. The van der Waals surface area contributed by atoms with Crippen molar-refractivity contribution in [3.8, 4) is 17.2 Å². The van der Waals surface area contributed by atoms with Gasteiger partial charge in [-0.1, -0.05) is 24.3 Å². The van der Waals surface area contributed by atoms with Crippen LogP contribution in [0.25, 0.3) is 16.6 Å². The van der Waals surface area contributed by atoms with Crippen LogP contribution in [-0.2, 0) is 6.42 Å². The third-order valence-corrected chi connectivity index (χ3v) is 3.80. The van der Waals surface area contributed by atoms with Crippen LogP contribution in [-0.4, -0.2) is 15.4 Å². The highest BCUT2D eigenvalue weighted by Crippen LogP contribution is 2.24. The third-order valence-electron chi connectivity index (χ3n) is 3.80. The Morgan fingerprint density at radius 3 is 2.59 bits per heavy atom. The van der Waals surface area contributed by atoms with E-state index in [-0.39, 0.29) is 0 Å². The predicted molar refractivity (Wildman–Crippen MR) is 87.4 cm³/mol. The number of benzene rings is 1. The third kappa shape index (κ3) is 2.72. The first-order valence-corrected chi connectivity index (χ1v) is 7.27. The van der Waals surface area contributed by atoms with Gasteiger partial charge in [-0.3, -0.25) is 4.98 Å². The first kappa shape index (κ1) is 14.3. The van der Waals surface area contributed by atoms with E-state index in [1.807, 2.05) is 32.2 Å². The Hall–Kier alpha value is -2.64. The molecule has 1 aromatic carbocycles. The van der Waals surface area contributed by atoms with Crippen molar-refractivity contribution in [1.29, 1.82) is 5.26 Å². The summed E-state index contributed by atoms with van der Waals surface area (Å²) in [6.07, 6.45) is 4.73. The lowest BCUT2D eigenvalue weighted by Crippen LogP contribution is -2.19. The number of aromatic nitrogens is 2. The zero-order valence-corrected chi connectivity index (χ0v) is 12.7. The number of nitrogens with zero attached hydrogens (tertiary/aromatic N) is 3. The monoisotopic (exact) mass is 290 g/mol. The summed E-state index contributed by atoms with van der Waals surface area (Å²) in [4.78, 5) is 4.50. The molecular weight excluding hydrogens is 272 g/mol. The van der Waals surface area contributed by atoms with Gasteiger partial charge in [-0.2, -0.15) is 5.26 Å². The first-order valence-electron chi connectivity index (χ1n) is 7.27. The van der Waals surface area contributed by atoms with E-state index in [1.165, 1.54) is 0 Å². The first-order chi connectivity index (χ1) is 10.6. The molecule has 0 spiro atoms. The summed E-state index contributed by atoms with van der Waals surface area (Å²) in [6, 6.07) is 12.0. The molecule has 0 aliphatic heterocycles. The lowest BCUT2D eigenvalue weighted by atomic mass is 10.0. The molecule has 2 N–H and O–H groups in total. The molecule has 3 rings (SSSR count). The van der Waals surface area contributed by atoms with Crippen LogP contribution in [0.4, 0.5) is 0 Å². The Morgan fingerprint density at radius 1 is 1.18 bits per heavy atom. The number of rotatable bonds is 3. The van der Waals surface area contributed by atoms with Gasteiger partial charge in [0.05, 0.1) is 29.0 Å². The van der Waals surface area contributed by atoms with Crippen LogP contribution in [0.5, 0.6) is 0 Å². The fourth-order valence-corrected chi connectivity index (χ4v) is 2.72. The average Bonchev–Trinajstić information content (AvgIpc) is 2.92. The second kappa shape index (κ2) is 5.63. The highest BCUT2D eigenvalue weighted by Gasteiger charge is 2.07. The molecule has 0 aliphatic rings. The van der Waals surface area contributed by atoms with Gasteiger partial charge < -0.3 is 10.1 Å². The van der Waals surface area contributed by atoms with Gasteiger partial charge in [-0.05, 0) is 31.0 Å². The SMILES string of the molecule is Cc1cn2cc(-c3ccc(C[C@H](N)C#N)cc3)cc2c(C)n1. The Kier molecular flexibility index (Phi) is 3.66. The van der Waals surface area contributed by atoms with Crippen molar-refractivity contribution in [3.63, 3.8) is 0 Å². The summed E-state index contributed by atoms with van der Waals surface area (Å²) in [6.45, 7) is 4.03. The van der Waals surface area contributed by atoms with E-state index >= 15 is 0 Å². The zero-order valence-electron chi connectivity index (χ0n) is 12.7. The van der Waals surface area contributed by atoms with Crippen LogP contribution in [0, 0.1) is 25.2 Å². The van der Waals surface area contributed by atoms with Crippen LogP contribution in [0.3, 0.4) is 0 Å². The quantitative estimate of drug-likeness (QED) is 0.806. The van der Waals surface area contributed by atoms with Crippen molar-refractivity contribution in [2.45, 2.75) is 26.3 Å². The maximum atomic E-state index is 8.77. The zero-order chi connectivity index (χ0) is 15.7. The molecule has 0 radical (unpaired) electrons. The van der Waals surface area contributed by atoms with E-state index in [0.29, 0.717) is 6.42 Å². The molecular formula is C18H18N4. The molecule has 4 nitrogen and oxygen atoms in total. The molecule has 4 heteroatoms. The lowest BCUT2D eigenvalue weighted by Gasteiger charge is -2.04. The van der Waals surface area contributed by atoms with Gasteiger partial charge >= 0.3 is 0 Å². The molecule has 0 unspecified atom stereocenters. The number of aryl methyl sites for hydroxylation is 2. The van der Waals surface area contributed by atoms with Gasteiger partial charge in [-0.25, -0.2) is 0 Å². The van der Waals surface area contributed by atoms with Crippen LogP contribution in [0.1, 0.15) is 17.0 Å². The van der Waals surface area contributed by atoms with Crippen molar-refractivity contribution >= 4 is 5.52 Å². The Bertz CT molecular complexity index is 853. The van der Waals surface area contributed by atoms with Crippen LogP contribution in [0.2, 0.25) is 0 Å². The molecule has 0 amide bonds. The van der Waals surface area contributed by atoms with E-state index in [2.05, 4.69) is 39.8 Å². The molecule has 3 aromatic rings. The molecule has 0 aliphatic carbocycles. The summed E-state index contributed by atoms with van der Waals surface area (Å²) < 4.78 is 2.12. The van der Waals surface area contributed by atoms with Crippen LogP contribution >= 0.6 is 0 Å². The topological polar surface area (TPSA) is 67.1 Å². The van der Waals surface area contributed by atoms with E-state index in [0.717, 1.165) is 33.6 Å². The van der Waals surface area contributed by atoms with Gasteiger partial charge in [0.15, 0.2) is 0 Å². The van der Waals surface area contributed by atoms with Gasteiger partial charge in [0.2, 0.25) is 0 Å². The summed E-state index contributed by atoms with van der Waals surface area (Å²) in [5, 5.41) is 8.77. The van der Waals surface area contributed by atoms with Crippen LogP contribution in [0.15, 0.2) is 42.7 Å². The van der Waals surface area contributed by atoms with Gasteiger partial charge in [0.1, 0.15) is 0 Å². The normalized spacial score (nSPS) is 12.3. The smallest absolute Gasteiger partial charge is 0.0968 e. The summed E-state index contributed by atoms with van der Waals surface area (Å²) in [5.41, 5.74) is 12.2. The summed E-state index contributed by atoms with van der Waals surface area (Å²) >= 11 is 0. The van der Waals surface area contributed by atoms with Crippen molar-refractivity contribution in [2.75, 3.05) is 0 Å². The number of hydrogen-bond acceptors (Lipinski definition) is 3. The average molecular weight is 290 g/mol. The van der Waals surface area contributed by atoms with Crippen molar-refractivity contribution < 1.29 is 0 Å². The van der Waals surface area contributed by atoms with Gasteiger partial charge in [0.25, 0.3) is 0 Å². The Balaban J connectivity index is 1.94. The van der Waals surface area contributed by atoms with Crippen LogP contribution < -0.4 is 5.73 Å². The highest BCUT2D eigenvalue weighted by molar-refractivity contribution is 5.71. The van der Waals surface area contributed by atoms with Gasteiger partial charge in [-0.15, -0.1) is 0 Å². The van der Waals surface area contributed by atoms with Crippen molar-refractivity contribution in [2.24, 2.45) is 5.73 Å². The number of nitriles is 1. The lowest BCUT2D eigenvalue weighted by molar-refractivity contribution is 0.823. The molecule has 2 heterocycles. The highest BCUT2D eigenvalue weighted by atomic mass is 14.9. The summed E-state index contributed by atoms with van der Waals surface area (Å²) in [7, 11) is 0. The fraction of sp³-hybridized carbons (Fsp3) is 0.222. The van der Waals surface area contributed by atoms with Gasteiger partial charge in [0, 0.05) is 24.4 Å². The predicted octanol–water partition coefficient (Wildman–Crippen LogP) is 3.01. The van der Waals surface area contributed by atoms with Crippen molar-refractivity contribution in [1.82, 2.24) is 9.38 Å². The molecule has 0 bridgehead atoms. The summed E-state index contributed by atoms with van der Waals surface area (Å²) in [5.74, 6) is 0. The molecule has 1 atom stereocenters. The molecule has 0 saturated carbocycles. The van der Waals surface area contributed by atoms with E-state index < -0.39 is 6.04 Å². The minimum absolute atomic E-state index is 0.445. The minimum atomic E-state index is -0.445. The van der Waals surface area contributed by atoms with E-state index in [9.17, 15) is 0 Å². The number of hydrogen-bond donors (Lipinski definition) is 1. The molecule has 0 fully saturated rings. The fourth-order valence-electron chi connectivity index (χ4n) is 2.72. The maximum Gasteiger partial charge on any atom is 0.0968 e. The van der Waals surface area contributed by atoms with Crippen molar-refractivity contribution in [3.05, 3.63) is 59.7 Å². The molecule has 2 aromatic heterocycles. The number of nitrogens with two attached hydrogens (primary N) is 1. The minimum Gasteiger partial charge on any atom is -0.320 e. The standard InChI is InChI=1S/C18H18N4/c1-12-10-22-11-16(8-18(22)13(2)21-12)15-5-3-14(4-6-15)7-17(20)9-19/h3-6,8,10-11,17H,7,20H2,1-2H3/t17-/m0/s1.